The molecule has 0 aliphatic heterocycles. The van der Waals surface area contributed by atoms with E-state index in [9.17, 15) is 18.5 Å². The molecule has 3 rings (SSSR count). The highest BCUT2D eigenvalue weighted by atomic mass is 35.5. The Hall–Kier alpha value is -2.65. The second kappa shape index (κ2) is 9.44. The summed E-state index contributed by atoms with van der Waals surface area (Å²) in [5, 5.41) is 12.5. The number of sulfone groups is 1. The summed E-state index contributed by atoms with van der Waals surface area (Å²) in [4.78, 5) is 17.0. The Labute approximate surface area is 185 Å². The van der Waals surface area contributed by atoms with Crippen LogP contribution in [-0.2, 0) is 14.6 Å². The average molecular weight is 481 g/mol. The number of furan rings is 1. The van der Waals surface area contributed by atoms with Crippen LogP contribution in [0.3, 0.4) is 0 Å². The zero-order chi connectivity index (χ0) is 21.7. The SMILES string of the molecule is CCS(=O)(=O)c1nsc(NC(=O)/C(C#N)=C\c2ccc(Sc3ccc(Cl)cc3)o2)n1. The molecule has 1 N–H and O–H groups in total. The van der Waals surface area contributed by atoms with E-state index in [0.29, 0.717) is 27.4 Å². The molecule has 1 aromatic carbocycles. The van der Waals surface area contributed by atoms with Gasteiger partial charge >= 0.3 is 0 Å². The first kappa shape index (κ1) is 22.0. The summed E-state index contributed by atoms with van der Waals surface area (Å²) in [5.74, 6) is -0.600. The fourth-order valence-electron chi connectivity index (χ4n) is 2.06. The van der Waals surface area contributed by atoms with Gasteiger partial charge in [0, 0.05) is 27.5 Å². The number of anilines is 1. The smallest absolute Gasteiger partial charge is 0.268 e. The molecule has 0 fully saturated rings. The van der Waals surface area contributed by atoms with Gasteiger partial charge < -0.3 is 4.42 Å². The lowest BCUT2D eigenvalue weighted by Crippen LogP contribution is -2.13. The molecule has 8 nitrogen and oxygen atoms in total. The predicted molar refractivity (Wildman–Crippen MR) is 114 cm³/mol. The van der Waals surface area contributed by atoms with Crippen LogP contribution in [0.15, 0.2) is 61.5 Å². The lowest BCUT2D eigenvalue weighted by atomic mass is 10.2. The largest absolute Gasteiger partial charge is 0.450 e. The summed E-state index contributed by atoms with van der Waals surface area (Å²) in [5.41, 5.74) is -0.234. The molecule has 2 aromatic heterocycles. The summed E-state index contributed by atoms with van der Waals surface area (Å²) in [6.45, 7) is 1.47. The Balaban J connectivity index is 1.71. The molecule has 0 saturated heterocycles. The average Bonchev–Trinajstić information content (AvgIpc) is 3.37. The van der Waals surface area contributed by atoms with Crippen molar-refractivity contribution in [1.29, 1.82) is 5.26 Å². The molecule has 12 heteroatoms. The predicted octanol–water partition coefficient (Wildman–Crippen LogP) is 4.27. The van der Waals surface area contributed by atoms with Crippen molar-refractivity contribution in [2.24, 2.45) is 0 Å². The van der Waals surface area contributed by atoms with Gasteiger partial charge in [0.15, 0.2) is 5.09 Å². The fourth-order valence-corrected chi connectivity index (χ4v) is 4.54. The monoisotopic (exact) mass is 480 g/mol. The molecule has 2 heterocycles. The first-order valence-corrected chi connectivity index (χ1v) is 12.0. The van der Waals surface area contributed by atoms with E-state index in [4.69, 9.17) is 16.0 Å². The highest BCUT2D eigenvalue weighted by molar-refractivity contribution is 7.99. The maximum absolute atomic E-state index is 12.3. The van der Waals surface area contributed by atoms with E-state index < -0.39 is 15.7 Å². The Morgan fingerprint density at radius 1 is 1.33 bits per heavy atom. The van der Waals surface area contributed by atoms with Crippen LogP contribution in [0.5, 0.6) is 0 Å². The number of aromatic nitrogens is 2. The number of carbonyl (C=O) groups is 1. The Bertz CT molecular complexity index is 1240. The normalized spacial score (nSPS) is 11.8. The van der Waals surface area contributed by atoms with Gasteiger partial charge in [-0.2, -0.15) is 14.6 Å². The van der Waals surface area contributed by atoms with E-state index in [1.807, 2.05) is 12.1 Å². The number of halogens is 1. The van der Waals surface area contributed by atoms with Crippen LogP contribution in [-0.4, -0.2) is 29.4 Å². The van der Waals surface area contributed by atoms with Gasteiger partial charge in [0.2, 0.25) is 15.0 Å². The van der Waals surface area contributed by atoms with Gasteiger partial charge in [0.25, 0.3) is 11.1 Å². The van der Waals surface area contributed by atoms with Gasteiger partial charge in [-0.05, 0) is 36.4 Å². The van der Waals surface area contributed by atoms with Crippen LogP contribution in [0.2, 0.25) is 5.02 Å². The van der Waals surface area contributed by atoms with Gasteiger partial charge in [0.1, 0.15) is 17.4 Å². The highest BCUT2D eigenvalue weighted by Crippen LogP contribution is 2.30. The lowest BCUT2D eigenvalue weighted by Gasteiger charge is -1.99. The van der Waals surface area contributed by atoms with Crippen molar-refractivity contribution in [2.75, 3.05) is 11.1 Å². The third-order valence-corrected chi connectivity index (χ3v) is 7.00. The van der Waals surface area contributed by atoms with E-state index >= 15 is 0 Å². The van der Waals surface area contributed by atoms with E-state index in [2.05, 4.69) is 14.7 Å². The van der Waals surface area contributed by atoms with Crippen LogP contribution in [0.25, 0.3) is 6.08 Å². The van der Waals surface area contributed by atoms with Crippen molar-refractivity contribution >= 4 is 61.8 Å². The third kappa shape index (κ3) is 5.48. The minimum absolute atomic E-state index is 0.0217. The summed E-state index contributed by atoms with van der Waals surface area (Å²) in [6, 6.07) is 12.3. The van der Waals surface area contributed by atoms with Gasteiger partial charge in [-0.25, -0.2) is 8.42 Å². The molecule has 0 saturated carbocycles. The molecule has 0 atom stereocenters. The van der Waals surface area contributed by atoms with Crippen LogP contribution in [0, 0.1) is 11.3 Å². The molecule has 1 amide bonds. The van der Waals surface area contributed by atoms with Crippen LogP contribution in [0.1, 0.15) is 12.7 Å². The van der Waals surface area contributed by atoms with Crippen molar-refractivity contribution in [2.45, 2.75) is 22.1 Å². The molecule has 154 valence electrons. The number of amides is 1. The zero-order valence-corrected chi connectivity index (χ0v) is 18.5. The molecule has 0 spiro atoms. The van der Waals surface area contributed by atoms with E-state index in [1.54, 1.807) is 30.3 Å². The number of benzene rings is 1. The van der Waals surface area contributed by atoms with Crippen molar-refractivity contribution in [1.82, 2.24) is 9.36 Å². The first-order valence-electron chi connectivity index (χ1n) is 8.33. The number of hydrogen-bond acceptors (Lipinski definition) is 9. The van der Waals surface area contributed by atoms with Crippen molar-refractivity contribution in [3.8, 4) is 6.07 Å². The second-order valence-corrected chi connectivity index (χ2v) is 10.1. The lowest BCUT2D eigenvalue weighted by molar-refractivity contribution is -0.112. The molecule has 30 heavy (non-hydrogen) atoms. The number of nitrogens with zero attached hydrogens (tertiary/aromatic N) is 3. The van der Waals surface area contributed by atoms with Gasteiger partial charge in [-0.3, -0.25) is 10.1 Å². The molecule has 0 radical (unpaired) electrons. The van der Waals surface area contributed by atoms with Crippen LogP contribution < -0.4 is 5.32 Å². The minimum atomic E-state index is -3.58. The number of nitrogens with one attached hydrogen (secondary N) is 1. The maximum Gasteiger partial charge on any atom is 0.268 e. The maximum atomic E-state index is 12.3. The quantitative estimate of drug-likeness (QED) is 0.392. The second-order valence-electron chi connectivity index (χ2n) is 5.62. The molecule has 0 unspecified atom stereocenters. The molecular weight excluding hydrogens is 468 g/mol. The Morgan fingerprint density at radius 2 is 2.07 bits per heavy atom. The van der Waals surface area contributed by atoms with Crippen LogP contribution in [0.4, 0.5) is 5.13 Å². The number of hydrogen-bond donors (Lipinski definition) is 1. The Kier molecular flexibility index (Phi) is 6.94. The van der Waals surface area contributed by atoms with Gasteiger partial charge in [-0.15, -0.1) is 0 Å². The van der Waals surface area contributed by atoms with Gasteiger partial charge in [-0.1, -0.05) is 30.3 Å². The third-order valence-electron chi connectivity index (χ3n) is 3.57. The number of nitriles is 1. The topological polar surface area (TPSA) is 126 Å². The van der Waals surface area contributed by atoms with E-state index in [-0.39, 0.29) is 21.6 Å². The number of carbonyl (C=O) groups excluding carboxylic acids is 1. The molecule has 0 aliphatic carbocycles. The van der Waals surface area contributed by atoms with Gasteiger partial charge in [0.05, 0.1) is 5.75 Å². The summed E-state index contributed by atoms with van der Waals surface area (Å²) < 4.78 is 32.9. The van der Waals surface area contributed by atoms with E-state index in [0.717, 1.165) is 4.90 Å². The summed E-state index contributed by atoms with van der Waals surface area (Å²) >= 11 is 7.94. The van der Waals surface area contributed by atoms with Crippen molar-refractivity contribution in [3.63, 3.8) is 0 Å². The summed E-state index contributed by atoms with van der Waals surface area (Å²) in [6.07, 6.45) is 1.28. The molecule has 3 aromatic rings. The Morgan fingerprint density at radius 3 is 2.73 bits per heavy atom. The minimum Gasteiger partial charge on any atom is -0.450 e. The first-order chi connectivity index (χ1) is 14.3. The van der Waals surface area contributed by atoms with E-state index in [1.165, 1.54) is 24.8 Å². The fraction of sp³-hybridized carbons (Fsp3) is 0.111. The van der Waals surface area contributed by atoms with Crippen LogP contribution >= 0.6 is 34.9 Å². The number of rotatable bonds is 7. The standard InChI is InChI=1S/C18H13ClN4O4S3/c1-2-30(25,26)18-22-17(29-23-18)21-16(24)11(10-20)9-13-5-8-15(27-13)28-14-6-3-12(19)4-7-14/h3-9H,2H2,1H3,(H,21,22,23,24)/b11-9-. The zero-order valence-electron chi connectivity index (χ0n) is 15.3. The highest BCUT2D eigenvalue weighted by Gasteiger charge is 2.20. The molecule has 0 aliphatic rings. The summed E-state index contributed by atoms with van der Waals surface area (Å²) in [7, 11) is -3.58. The molecule has 0 bridgehead atoms. The van der Waals surface area contributed by atoms with Crippen molar-refractivity contribution < 1.29 is 17.6 Å². The molecular formula is C18H13ClN4O4S3. The van der Waals surface area contributed by atoms with Crippen molar-refractivity contribution in [3.05, 3.63) is 52.8 Å².